The molecule has 0 N–H and O–H groups in total. The van der Waals surface area contributed by atoms with Crippen LogP contribution in [-0.2, 0) is 4.79 Å². The standard InChI is InChI=1S/C10H10N2O3/c1-6(7(2)13)12-9-8(15-10(12)14)4-3-5-11-9/h3-6H,1-2H3. The van der Waals surface area contributed by atoms with Crippen LogP contribution in [-0.4, -0.2) is 15.3 Å². The average molecular weight is 206 g/mol. The molecule has 0 fully saturated rings. The second-order valence-electron chi connectivity index (χ2n) is 3.35. The fourth-order valence-electron chi connectivity index (χ4n) is 1.40. The van der Waals surface area contributed by atoms with Crippen molar-refractivity contribution in [3.8, 4) is 0 Å². The Morgan fingerprint density at radius 2 is 2.33 bits per heavy atom. The Balaban J connectivity index is 2.74. The van der Waals surface area contributed by atoms with Gasteiger partial charge in [-0.2, -0.15) is 0 Å². The number of carbonyl (C=O) groups is 1. The van der Waals surface area contributed by atoms with Crippen molar-refractivity contribution in [3.63, 3.8) is 0 Å². The number of nitrogens with zero attached hydrogens (tertiary/aromatic N) is 2. The zero-order chi connectivity index (χ0) is 11.0. The summed E-state index contributed by atoms with van der Waals surface area (Å²) >= 11 is 0. The molecule has 1 atom stereocenters. The lowest BCUT2D eigenvalue weighted by Gasteiger charge is -2.06. The van der Waals surface area contributed by atoms with Gasteiger partial charge < -0.3 is 4.42 Å². The molecule has 0 spiro atoms. The molecule has 0 aliphatic heterocycles. The number of Topliss-reactive ketones (excluding diaryl/α,β-unsaturated/α-hetero) is 1. The molecule has 78 valence electrons. The minimum absolute atomic E-state index is 0.106. The van der Waals surface area contributed by atoms with Gasteiger partial charge in [-0.3, -0.25) is 4.79 Å². The third kappa shape index (κ3) is 1.45. The molecule has 0 amide bonds. The van der Waals surface area contributed by atoms with Crippen LogP contribution in [0.1, 0.15) is 19.9 Å². The van der Waals surface area contributed by atoms with Crippen molar-refractivity contribution in [1.82, 2.24) is 9.55 Å². The van der Waals surface area contributed by atoms with Gasteiger partial charge in [0, 0.05) is 6.20 Å². The predicted molar refractivity (Wildman–Crippen MR) is 53.7 cm³/mol. The molecule has 0 aromatic carbocycles. The summed E-state index contributed by atoms with van der Waals surface area (Å²) in [5.74, 6) is -0.656. The van der Waals surface area contributed by atoms with Crippen LogP contribution in [0, 0.1) is 0 Å². The highest BCUT2D eigenvalue weighted by molar-refractivity contribution is 5.81. The third-order valence-corrected chi connectivity index (χ3v) is 2.35. The fourth-order valence-corrected chi connectivity index (χ4v) is 1.40. The van der Waals surface area contributed by atoms with Crippen LogP contribution in [0.3, 0.4) is 0 Å². The number of aromatic nitrogens is 2. The van der Waals surface area contributed by atoms with Crippen LogP contribution in [0.5, 0.6) is 0 Å². The number of pyridine rings is 1. The van der Waals surface area contributed by atoms with Crippen molar-refractivity contribution in [2.24, 2.45) is 0 Å². The van der Waals surface area contributed by atoms with Gasteiger partial charge in [0.15, 0.2) is 17.0 Å². The van der Waals surface area contributed by atoms with E-state index in [0.29, 0.717) is 11.2 Å². The maximum absolute atomic E-state index is 11.5. The van der Waals surface area contributed by atoms with Gasteiger partial charge in [0.2, 0.25) is 0 Å². The Labute approximate surface area is 85.3 Å². The van der Waals surface area contributed by atoms with Crippen LogP contribution < -0.4 is 5.76 Å². The minimum Gasteiger partial charge on any atom is -0.406 e. The zero-order valence-electron chi connectivity index (χ0n) is 8.43. The fraction of sp³-hybridized carbons (Fsp3) is 0.300. The summed E-state index contributed by atoms with van der Waals surface area (Å²) in [6.07, 6.45) is 1.56. The van der Waals surface area contributed by atoms with Gasteiger partial charge in [-0.05, 0) is 26.0 Å². The Kier molecular flexibility index (Phi) is 2.15. The van der Waals surface area contributed by atoms with E-state index in [2.05, 4.69) is 4.98 Å². The molecule has 2 heterocycles. The van der Waals surface area contributed by atoms with Crippen LogP contribution in [0.2, 0.25) is 0 Å². The molecule has 0 aliphatic carbocycles. The molecule has 2 rings (SSSR count). The van der Waals surface area contributed by atoms with Crippen molar-refractivity contribution in [2.75, 3.05) is 0 Å². The molecule has 15 heavy (non-hydrogen) atoms. The predicted octanol–water partition coefficient (Wildman–Crippen LogP) is 1.14. The SMILES string of the molecule is CC(=O)C(C)n1c(=O)oc2cccnc21. The van der Waals surface area contributed by atoms with E-state index in [4.69, 9.17) is 4.42 Å². The molecule has 0 bridgehead atoms. The molecular weight excluding hydrogens is 196 g/mol. The second kappa shape index (κ2) is 3.34. The van der Waals surface area contributed by atoms with E-state index < -0.39 is 11.8 Å². The first-order chi connectivity index (χ1) is 7.11. The quantitative estimate of drug-likeness (QED) is 0.739. The highest BCUT2D eigenvalue weighted by Gasteiger charge is 2.18. The van der Waals surface area contributed by atoms with E-state index in [1.165, 1.54) is 11.5 Å². The number of fused-ring (bicyclic) bond motifs is 1. The van der Waals surface area contributed by atoms with E-state index in [1.54, 1.807) is 25.3 Å². The van der Waals surface area contributed by atoms with Crippen molar-refractivity contribution in [2.45, 2.75) is 19.9 Å². The van der Waals surface area contributed by atoms with Crippen molar-refractivity contribution >= 4 is 17.0 Å². The first kappa shape index (κ1) is 9.64. The van der Waals surface area contributed by atoms with E-state index >= 15 is 0 Å². The summed E-state index contributed by atoms with van der Waals surface area (Å²) in [4.78, 5) is 26.7. The summed E-state index contributed by atoms with van der Waals surface area (Å²) in [7, 11) is 0. The number of hydrogen-bond acceptors (Lipinski definition) is 4. The van der Waals surface area contributed by atoms with Gasteiger partial charge in [0.25, 0.3) is 0 Å². The Bertz CT molecular complexity index is 567. The lowest BCUT2D eigenvalue weighted by Crippen LogP contribution is -2.23. The summed E-state index contributed by atoms with van der Waals surface area (Å²) in [6, 6.07) is 2.77. The second-order valence-corrected chi connectivity index (χ2v) is 3.35. The number of rotatable bonds is 2. The summed E-state index contributed by atoms with van der Waals surface area (Å²) in [5, 5.41) is 0. The summed E-state index contributed by atoms with van der Waals surface area (Å²) in [6.45, 7) is 3.08. The van der Waals surface area contributed by atoms with Gasteiger partial charge in [-0.1, -0.05) is 0 Å². The van der Waals surface area contributed by atoms with E-state index in [-0.39, 0.29) is 5.78 Å². The molecule has 5 nitrogen and oxygen atoms in total. The van der Waals surface area contributed by atoms with Crippen molar-refractivity contribution in [1.29, 1.82) is 0 Å². The lowest BCUT2D eigenvalue weighted by atomic mass is 10.2. The van der Waals surface area contributed by atoms with E-state index in [1.807, 2.05) is 0 Å². The van der Waals surface area contributed by atoms with Crippen molar-refractivity contribution in [3.05, 3.63) is 28.9 Å². The van der Waals surface area contributed by atoms with E-state index in [0.717, 1.165) is 0 Å². The topological polar surface area (TPSA) is 65.1 Å². The highest BCUT2D eigenvalue weighted by Crippen LogP contribution is 2.14. The van der Waals surface area contributed by atoms with E-state index in [9.17, 15) is 9.59 Å². The molecular formula is C10H10N2O3. The van der Waals surface area contributed by atoms with Gasteiger partial charge in [-0.15, -0.1) is 0 Å². The first-order valence-corrected chi connectivity index (χ1v) is 4.58. The molecule has 0 saturated heterocycles. The first-order valence-electron chi connectivity index (χ1n) is 4.58. The van der Waals surface area contributed by atoms with Crippen molar-refractivity contribution < 1.29 is 9.21 Å². The monoisotopic (exact) mass is 206 g/mol. The van der Waals surface area contributed by atoms with Crippen LogP contribution in [0.4, 0.5) is 0 Å². The highest BCUT2D eigenvalue weighted by atomic mass is 16.4. The molecule has 0 radical (unpaired) electrons. The maximum atomic E-state index is 11.5. The normalized spacial score (nSPS) is 12.9. The number of hydrogen-bond donors (Lipinski definition) is 0. The number of carbonyl (C=O) groups excluding carboxylic acids is 1. The molecule has 0 saturated carbocycles. The molecule has 0 aliphatic rings. The molecule has 2 aromatic rings. The Morgan fingerprint density at radius 3 is 3.00 bits per heavy atom. The average Bonchev–Trinajstić information content (AvgIpc) is 2.52. The Morgan fingerprint density at radius 1 is 1.60 bits per heavy atom. The summed E-state index contributed by atoms with van der Waals surface area (Å²) < 4.78 is 6.22. The maximum Gasteiger partial charge on any atom is 0.421 e. The van der Waals surface area contributed by atoms with Gasteiger partial charge in [0.05, 0.1) is 6.04 Å². The van der Waals surface area contributed by atoms with Crippen LogP contribution in [0.25, 0.3) is 11.2 Å². The number of ketones is 1. The smallest absolute Gasteiger partial charge is 0.406 e. The molecule has 1 unspecified atom stereocenters. The molecule has 5 heteroatoms. The zero-order valence-corrected chi connectivity index (χ0v) is 8.43. The largest absolute Gasteiger partial charge is 0.421 e. The lowest BCUT2D eigenvalue weighted by molar-refractivity contribution is -0.119. The van der Waals surface area contributed by atoms with Crippen LogP contribution in [0.15, 0.2) is 27.5 Å². The summed E-state index contributed by atoms with van der Waals surface area (Å²) in [5.41, 5.74) is 0.806. The molecule has 2 aromatic heterocycles. The number of oxazole rings is 1. The van der Waals surface area contributed by atoms with Crippen LogP contribution >= 0.6 is 0 Å². The van der Waals surface area contributed by atoms with Gasteiger partial charge in [0.1, 0.15) is 0 Å². The third-order valence-electron chi connectivity index (χ3n) is 2.35. The Hall–Kier alpha value is -1.91. The van der Waals surface area contributed by atoms with Gasteiger partial charge in [-0.25, -0.2) is 14.3 Å². The van der Waals surface area contributed by atoms with Gasteiger partial charge >= 0.3 is 5.76 Å². The minimum atomic E-state index is -0.550.